The van der Waals surface area contributed by atoms with Crippen molar-refractivity contribution in [2.24, 2.45) is 11.8 Å². The van der Waals surface area contributed by atoms with Crippen molar-refractivity contribution >= 4 is 5.69 Å². The van der Waals surface area contributed by atoms with Gasteiger partial charge in [0.05, 0.1) is 12.2 Å². The van der Waals surface area contributed by atoms with Crippen LogP contribution in [0.1, 0.15) is 50.2 Å². The Morgan fingerprint density at radius 3 is 2.54 bits per heavy atom. The maximum absolute atomic E-state index is 6.71. The number of benzene rings is 2. The van der Waals surface area contributed by atoms with Crippen molar-refractivity contribution in [3.63, 3.8) is 0 Å². The average Bonchev–Trinajstić information content (AvgIpc) is 3.23. The molecule has 0 bridgehead atoms. The van der Waals surface area contributed by atoms with E-state index in [0.29, 0.717) is 12.0 Å². The minimum Gasteiger partial charge on any atom is -0.457 e. The molecule has 1 N–H and O–H groups in total. The second-order valence-electron chi connectivity index (χ2n) is 8.02. The van der Waals surface area contributed by atoms with E-state index in [9.17, 15) is 0 Å². The normalized spacial score (nSPS) is 28.1. The molecule has 5 rings (SSSR count). The third kappa shape index (κ3) is 3.09. The van der Waals surface area contributed by atoms with Gasteiger partial charge in [-0.2, -0.15) is 0 Å². The van der Waals surface area contributed by atoms with Crippen LogP contribution in [0.4, 0.5) is 5.69 Å². The summed E-state index contributed by atoms with van der Waals surface area (Å²) in [5.41, 5.74) is 2.48. The van der Waals surface area contributed by atoms with E-state index in [1.54, 1.807) is 0 Å². The quantitative estimate of drug-likeness (QED) is 0.745. The molecule has 2 fully saturated rings. The van der Waals surface area contributed by atoms with Gasteiger partial charge in [0, 0.05) is 23.7 Å². The zero-order chi connectivity index (χ0) is 17.3. The van der Waals surface area contributed by atoms with Gasteiger partial charge in [0.15, 0.2) is 0 Å². The van der Waals surface area contributed by atoms with Crippen LogP contribution in [0.25, 0.3) is 0 Å². The first kappa shape index (κ1) is 16.2. The highest BCUT2D eigenvalue weighted by atomic mass is 16.5. The van der Waals surface area contributed by atoms with Crippen LogP contribution >= 0.6 is 0 Å². The van der Waals surface area contributed by atoms with Gasteiger partial charge in [-0.3, -0.25) is 0 Å². The van der Waals surface area contributed by atoms with Crippen LogP contribution in [0.3, 0.4) is 0 Å². The summed E-state index contributed by atoms with van der Waals surface area (Å²) in [5, 5.41) is 3.60. The van der Waals surface area contributed by atoms with Gasteiger partial charge in [0.25, 0.3) is 0 Å². The fourth-order valence-corrected chi connectivity index (χ4v) is 4.98. The molecule has 2 aromatic carbocycles. The largest absolute Gasteiger partial charge is 0.457 e. The SMILES string of the molecule is c1ccc(Oc2ccc3c(c2)C2OC(C4CCCC4)CCC2CN3)cc1. The summed E-state index contributed by atoms with van der Waals surface area (Å²) in [4.78, 5) is 0. The van der Waals surface area contributed by atoms with Gasteiger partial charge in [-0.15, -0.1) is 0 Å². The molecule has 3 heteroatoms. The van der Waals surface area contributed by atoms with E-state index >= 15 is 0 Å². The molecule has 3 unspecified atom stereocenters. The van der Waals surface area contributed by atoms with Crippen molar-refractivity contribution in [3.05, 3.63) is 54.1 Å². The van der Waals surface area contributed by atoms with Crippen molar-refractivity contribution < 1.29 is 9.47 Å². The lowest BCUT2D eigenvalue weighted by Gasteiger charge is -2.42. The Kier molecular flexibility index (Phi) is 4.33. The van der Waals surface area contributed by atoms with Crippen molar-refractivity contribution in [2.75, 3.05) is 11.9 Å². The summed E-state index contributed by atoms with van der Waals surface area (Å²) in [7, 11) is 0. The van der Waals surface area contributed by atoms with E-state index in [1.807, 2.05) is 30.3 Å². The molecule has 3 nitrogen and oxygen atoms in total. The Balaban J connectivity index is 1.40. The number of fused-ring (bicyclic) bond motifs is 3. The molecule has 0 radical (unpaired) electrons. The van der Waals surface area contributed by atoms with Crippen molar-refractivity contribution in [3.8, 4) is 11.5 Å². The summed E-state index contributed by atoms with van der Waals surface area (Å²) < 4.78 is 12.8. The lowest BCUT2D eigenvalue weighted by Crippen LogP contribution is -2.39. The number of hydrogen-bond acceptors (Lipinski definition) is 3. The Morgan fingerprint density at radius 2 is 1.69 bits per heavy atom. The minimum absolute atomic E-state index is 0.213. The van der Waals surface area contributed by atoms with Crippen LogP contribution in [0.5, 0.6) is 11.5 Å². The summed E-state index contributed by atoms with van der Waals surface area (Å²) >= 11 is 0. The number of para-hydroxylation sites is 1. The van der Waals surface area contributed by atoms with Crippen LogP contribution < -0.4 is 10.1 Å². The highest BCUT2D eigenvalue weighted by Crippen LogP contribution is 2.47. The van der Waals surface area contributed by atoms with Gasteiger partial charge in [-0.05, 0) is 61.9 Å². The highest BCUT2D eigenvalue weighted by Gasteiger charge is 2.39. The molecule has 0 spiro atoms. The van der Waals surface area contributed by atoms with E-state index in [0.717, 1.165) is 24.0 Å². The maximum atomic E-state index is 6.71. The zero-order valence-corrected chi connectivity index (χ0v) is 15.2. The number of anilines is 1. The Labute approximate surface area is 155 Å². The topological polar surface area (TPSA) is 30.5 Å². The smallest absolute Gasteiger partial charge is 0.127 e. The van der Waals surface area contributed by atoms with Gasteiger partial charge in [0.1, 0.15) is 11.5 Å². The predicted molar refractivity (Wildman–Crippen MR) is 104 cm³/mol. The summed E-state index contributed by atoms with van der Waals surface area (Å²) in [6.07, 6.45) is 8.62. The molecule has 26 heavy (non-hydrogen) atoms. The first-order valence-corrected chi connectivity index (χ1v) is 10.1. The molecule has 0 aromatic heterocycles. The first-order valence-electron chi connectivity index (χ1n) is 10.1. The molecule has 2 heterocycles. The van der Waals surface area contributed by atoms with Crippen LogP contribution in [-0.2, 0) is 4.74 Å². The molecule has 136 valence electrons. The van der Waals surface area contributed by atoms with Crippen LogP contribution in [-0.4, -0.2) is 12.6 Å². The van der Waals surface area contributed by atoms with Crippen LogP contribution in [0, 0.1) is 11.8 Å². The lowest BCUT2D eigenvalue weighted by molar-refractivity contribution is -0.107. The number of ether oxygens (including phenoxy) is 2. The fraction of sp³-hybridized carbons (Fsp3) is 0.478. The molecule has 1 saturated carbocycles. The maximum Gasteiger partial charge on any atom is 0.127 e. The van der Waals surface area contributed by atoms with Gasteiger partial charge in [-0.1, -0.05) is 31.0 Å². The Morgan fingerprint density at radius 1 is 0.846 bits per heavy atom. The van der Waals surface area contributed by atoms with Gasteiger partial charge in [-0.25, -0.2) is 0 Å². The van der Waals surface area contributed by atoms with E-state index in [4.69, 9.17) is 9.47 Å². The van der Waals surface area contributed by atoms with Crippen molar-refractivity contribution in [1.82, 2.24) is 0 Å². The van der Waals surface area contributed by atoms with E-state index in [2.05, 4.69) is 23.5 Å². The molecule has 2 aliphatic heterocycles. The standard InChI is InChI=1S/C23H27NO2/c1-2-8-18(9-3-1)25-19-11-12-21-20(14-19)23-17(15-24-21)10-13-22(26-23)16-6-4-5-7-16/h1-3,8-9,11-12,14,16-17,22-24H,4-7,10,13,15H2. The minimum atomic E-state index is 0.213. The summed E-state index contributed by atoms with van der Waals surface area (Å²) in [6.45, 7) is 1.02. The second-order valence-corrected chi connectivity index (χ2v) is 8.02. The van der Waals surface area contributed by atoms with E-state index < -0.39 is 0 Å². The summed E-state index contributed by atoms with van der Waals surface area (Å²) in [6, 6.07) is 16.4. The molecule has 3 atom stereocenters. The molecule has 2 aromatic rings. The highest BCUT2D eigenvalue weighted by molar-refractivity contribution is 5.58. The summed E-state index contributed by atoms with van der Waals surface area (Å²) in [5.74, 6) is 3.12. The molecule has 3 aliphatic rings. The predicted octanol–water partition coefficient (Wildman–Crippen LogP) is 5.93. The van der Waals surface area contributed by atoms with Gasteiger partial charge in [0.2, 0.25) is 0 Å². The lowest BCUT2D eigenvalue weighted by atomic mass is 9.81. The molecule has 1 aliphatic carbocycles. The fourth-order valence-electron chi connectivity index (χ4n) is 4.98. The van der Waals surface area contributed by atoms with Crippen LogP contribution in [0.2, 0.25) is 0 Å². The molecule has 0 amide bonds. The van der Waals surface area contributed by atoms with Crippen molar-refractivity contribution in [2.45, 2.75) is 50.7 Å². The number of hydrogen-bond donors (Lipinski definition) is 1. The van der Waals surface area contributed by atoms with Crippen LogP contribution in [0.15, 0.2) is 48.5 Å². The number of rotatable bonds is 3. The molecular weight excluding hydrogens is 322 g/mol. The average molecular weight is 349 g/mol. The number of nitrogens with one attached hydrogen (secondary N) is 1. The van der Waals surface area contributed by atoms with E-state index in [1.165, 1.54) is 49.8 Å². The first-order chi connectivity index (χ1) is 12.9. The zero-order valence-electron chi connectivity index (χ0n) is 15.2. The van der Waals surface area contributed by atoms with Gasteiger partial charge < -0.3 is 14.8 Å². The third-order valence-corrected chi connectivity index (χ3v) is 6.36. The van der Waals surface area contributed by atoms with E-state index in [-0.39, 0.29) is 6.10 Å². The monoisotopic (exact) mass is 349 g/mol. The molecule has 1 saturated heterocycles. The van der Waals surface area contributed by atoms with Gasteiger partial charge >= 0.3 is 0 Å². The third-order valence-electron chi connectivity index (χ3n) is 6.36. The Bertz CT molecular complexity index is 754. The van der Waals surface area contributed by atoms with Crippen molar-refractivity contribution in [1.29, 1.82) is 0 Å². The Hall–Kier alpha value is -2.00. The second kappa shape index (κ2) is 6.96. The molecular formula is C23H27NO2.